The molecule has 4 heteroatoms. The van der Waals surface area contributed by atoms with Gasteiger partial charge in [-0.2, -0.15) is 0 Å². The van der Waals surface area contributed by atoms with E-state index in [-0.39, 0.29) is 6.04 Å². The second kappa shape index (κ2) is 5.76. The minimum absolute atomic E-state index is 0.281. The van der Waals surface area contributed by atoms with Gasteiger partial charge in [0, 0.05) is 22.1 Å². The van der Waals surface area contributed by atoms with Gasteiger partial charge in [-0.25, -0.2) is 4.98 Å². The van der Waals surface area contributed by atoms with Crippen LogP contribution in [0.5, 0.6) is 0 Å². The first kappa shape index (κ1) is 12.7. The zero-order valence-electron chi connectivity index (χ0n) is 9.85. The molecule has 17 heavy (non-hydrogen) atoms. The highest BCUT2D eigenvalue weighted by Gasteiger charge is 2.12. The zero-order valence-corrected chi connectivity index (χ0v) is 12.3. The number of halogens is 1. The van der Waals surface area contributed by atoms with Crippen LogP contribution in [0, 0.1) is 0 Å². The van der Waals surface area contributed by atoms with Crippen molar-refractivity contribution < 1.29 is 0 Å². The molecule has 2 rings (SSSR count). The van der Waals surface area contributed by atoms with Gasteiger partial charge >= 0.3 is 0 Å². The molecule has 0 aliphatic rings. The Morgan fingerprint density at radius 2 is 2.12 bits per heavy atom. The Hall–Kier alpha value is -0.710. The van der Waals surface area contributed by atoms with E-state index < -0.39 is 0 Å². The topological polar surface area (TPSA) is 24.9 Å². The minimum atomic E-state index is 0.281. The Kier molecular flexibility index (Phi) is 4.31. The van der Waals surface area contributed by atoms with Crippen molar-refractivity contribution in [2.45, 2.75) is 25.9 Å². The van der Waals surface area contributed by atoms with Crippen LogP contribution in [0.15, 0.2) is 40.3 Å². The fourth-order valence-electron chi connectivity index (χ4n) is 1.77. The van der Waals surface area contributed by atoms with E-state index in [4.69, 9.17) is 0 Å². The third kappa shape index (κ3) is 3.37. The molecular formula is C13H15BrN2S. The lowest BCUT2D eigenvalue weighted by molar-refractivity contribution is 0.493. The molecule has 90 valence electrons. The molecule has 0 spiro atoms. The molecule has 0 aliphatic carbocycles. The molecule has 1 unspecified atom stereocenters. The standard InChI is InChI=1S/C13H15BrN2S/c1-9(11-4-3-5-12(14)8-11)16-10(2)13-15-6-7-17-13/h3-10,16H,1-2H3/t9-,10?/m0/s1. The van der Waals surface area contributed by atoms with Gasteiger partial charge in [-0.3, -0.25) is 0 Å². The Morgan fingerprint density at radius 3 is 2.76 bits per heavy atom. The van der Waals surface area contributed by atoms with E-state index in [1.165, 1.54) is 5.56 Å². The summed E-state index contributed by atoms with van der Waals surface area (Å²) in [4.78, 5) is 4.33. The molecule has 0 fully saturated rings. The van der Waals surface area contributed by atoms with E-state index in [1.54, 1.807) is 11.3 Å². The van der Waals surface area contributed by atoms with Crippen molar-refractivity contribution in [2.75, 3.05) is 0 Å². The van der Waals surface area contributed by atoms with Crippen molar-refractivity contribution in [1.29, 1.82) is 0 Å². The SMILES string of the molecule is CC(N[C@@H](C)c1cccc(Br)c1)c1nccs1. The summed E-state index contributed by atoms with van der Waals surface area (Å²) in [6, 6.07) is 8.98. The van der Waals surface area contributed by atoms with Gasteiger partial charge in [0.05, 0.1) is 6.04 Å². The van der Waals surface area contributed by atoms with Gasteiger partial charge in [-0.1, -0.05) is 28.1 Å². The number of thiazole rings is 1. The monoisotopic (exact) mass is 310 g/mol. The van der Waals surface area contributed by atoms with Crippen LogP contribution in [0.3, 0.4) is 0 Å². The smallest absolute Gasteiger partial charge is 0.109 e. The van der Waals surface area contributed by atoms with Crippen LogP contribution in [-0.2, 0) is 0 Å². The van der Waals surface area contributed by atoms with E-state index in [0.29, 0.717) is 6.04 Å². The van der Waals surface area contributed by atoms with E-state index >= 15 is 0 Å². The third-order valence-electron chi connectivity index (χ3n) is 2.67. The molecule has 1 heterocycles. The van der Waals surface area contributed by atoms with Crippen LogP contribution in [0.1, 0.15) is 36.5 Å². The summed E-state index contributed by atoms with van der Waals surface area (Å²) in [6.45, 7) is 4.32. The summed E-state index contributed by atoms with van der Waals surface area (Å²) in [5.41, 5.74) is 1.28. The van der Waals surface area contributed by atoms with Crippen molar-refractivity contribution >= 4 is 27.3 Å². The van der Waals surface area contributed by atoms with Crippen molar-refractivity contribution in [1.82, 2.24) is 10.3 Å². The molecule has 0 radical (unpaired) electrons. The Balaban J connectivity index is 2.04. The summed E-state index contributed by atoms with van der Waals surface area (Å²) in [6.07, 6.45) is 1.85. The molecule has 1 aromatic heterocycles. The summed E-state index contributed by atoms with van der Waals surface area (Å²) >= 11 is 5.19. The van der Waals surface area contributed by atoms with E-state index in [2.05, 4.69) is 58.3 Å². The van der Waals surface area contributed by atoms with Gasteiger partial charge in [0.15, 0.2) is 0 Å². The van der Waals surface area contributed by atoms with Gasteiger partial charge in [0.1, 0.15) is 5.01 Å². The van der Waals surface area contributed by atoms with Crippen molar-refractivity contribution in [3.63, 3.8) is 0 Å². The highest BCUT2D eigenvalue weighted by atomic mass is 79.9. The molecule has 2 aromatic rings. The van der Waals surface area contributed by atoms with Gasteiger partial charge in [0.2, 0.25) is 0 Å². The number of benzene rings is 1. The van der Waals surface area contributed by atoms with E-state index in [9.17, 15) is 0 Å². The zero-order chi connectivity index (χ0) is 12.3. The lowest BCUT2D eigenvalue weighted by Crippen LogP contribution is -2.22. The Bertz CT molecular complexity index is 470. The van der Waals surface area contributed by atoms with Crippen LogP contribution >= 0.6 is 27.3 Å². The molecule has 0 amide bonds. The quantitative estimate of drug-likeness (QED) is 0.909. The van der Waals surface area contributed by atoms with Crippen LogP contribution < -0.4 is 5.32 Å². The van der Waals surface area contributed by atoms with Crippen LogP contribution in [0.4, 0.5) is 0 Å². The highest BCUT2D eigenvalue weighted by molar-refractivity contribution is 9.10. The fraction of sp³-hybridized carbons (Fsp3) is 0.308. The predicted octanol–water partition coefficient (Wildman–Crippen LogP) is 4.32. The highest BCUT2D eigenvalue weighted by Crippen LogP contribution is 2.22. The van der Waals surface area contributed by atoms with Gasteiger partial charge in [0.25, 0.3) is 0 Å². The molecule has 1 aromatic carbocycles. The van der Waals surface area contributed by atoms with Crippen molar-refractivity contribution in [3.8, 4) is 0 Å². The predicted molar refractivity (Wildman–Crippen MR) is 76.2 cm³/mol. The number of nitrogens with one attached hydrogen (secondary N) is 1. The Labute approximate surface area is 114 Å². The maximum Gasteiger partial charge on any atom is 0.109 e. The van der Waals surface area contributed by atoms with E-state index in [0.717, 1.165) is 9.48 Å². The summed E-state index contributed by atoms with van der Waals surface area (Å²) in [5.74, 6) is 0. The summed E-state index contributed by atoms with van der Waals surface area (Å²) < 4.78 is 1.12. The van der Waals surface area contributed by atoms with Crippen LogP contribution in [-0.4, -0.2) is 4.98 Å². The number of hydrogen-bond donors (Lipinski definition) is 1. The van der Waals surface area contributed by atoms with Crippen molar-refractivity contribution in [2.24, 2.45) is 0 Å². The molecule has 0 bridgehead atoms. The fourth-order valence-corrected chi connectivity index (χ4v) is 2.84. The largest absolute Gasteiger partial charge is 0.302 e. The average molecular weight is 311 g/mol. The van der Waals surface area contributed by atoms with Gasteiger partial charge in [-0.15, -0.1) is 11.3 Å². The molecule has 1 N–H and O–H groups in total. The lowest BCUT2D eigenvalue weighted by Gasteiger charge is -2.19. The van der Waals surface area contributed by atoms with Crippen molar-refractivity contribution in [3.05, 3.63) is 50.9 Å². The second-order valence-electron chi connectivity index (χ2n) is 4.04. The average Bonchev–Trinajstić information content (AvgIpc) is 2.82. The molecular weight excluding hydrogens is 296 g/mol. The first-order chi connectivity index (χ1) is 8.16. The lowest BCUT2D eigenvalue weighted by atomic mass is 10.1. The first-order valence-electron chi connectivity index (χ1n) is 5.57. The Morgan fingerprint density at radius 1 is 1.29 bits per heavy atom. The number of aromatic nitrogens is 1. The normalized spacial score (nSPS) is 14.5. The number of rotatable bonds is 4. The molecule has 0 saturated heterocycles. The maximum absolute atomic E-state index is 4.33. The van der Waals surface area contributed by atoms with Gasteiger partial charge in [-0.05, 0) is 31.5 Å². The first-order valence-corrected chi connectivity index (χ1v) is 7.25. The second-order valence-corrected chi connectivity index (χ2v) is 5.88. The molecule has 0 saturated carbocycles. The summed E-state index contributed by atoms with van der Waals surface area (Å²) in [5, 5.41) is 6.70. The molecule has 2 atom stereocenters. The van der Waals surface area contributed by atoms with E-state index in [1.807, 2.05) is 17.6 Å². The molecule has 0 aliphatic heterocycles. The minimum Gasteiger partial charge on any atom is -0.302 e. The molecule has 2 nitrogen and oxygen atoms in total. The van der Waals surface area contributed by atoms with Crippen LogP contribution in [0.25, 0.3) is 0 Å². The summed E-state index contributed by atoms with van der Waals surface area (Å²) in [7, 11) is 0. The van der Waals surface area contributed by atoms with Crippen LogP contribution in [0.2, 0.25) is 0 Å². The maximum atomic E-state index is 4.33. The third-order valence-corrected chi connectivity index (χ3v) is 4.12. The van der Waals surface area contributed by atoms with Gasteiger partial charge < -0.3 is 5.32 Å². The number of nitrogens with zero attached hydrogens (tertiary/aromatic N) is 1. The number of hydrogen-bond acceptors (Lipinski definition) is 3.